The summed E-state index contributed by atoms with van der Waals surface area (Å²) in [5, 5.41) is 6.03. The Kier molecular flexibility index (Phi) is 5.03. The summed E-state index contributed by atoms with van der Waals surface area (Å²) in [6, 6.07) is 10.1. The number of anilines is 2. The largest absolute Gasteiger partial charge is 0.379 e. The zero-order chi connectivity index (χ0) is 20.4. The van der Waals surface area contributed by atoms with E-state index in [1.807, 2.05) is 32.0 Å². The maximum absolute atomic E-state index is 13.3. The van der Waals surface area contributed by atoms with Crippen LogP contribution in [0.15, 0.2) is 53.8 Å². The Hall–Kier alpha value is -3.61. The lowest BCUT2D eigenvalue weighted by molar-refractivity contribution is -0.115. The van der Waals surface area contributed by atoms with E-state index in [0.717, 1.165) is 33.9 Å². The fourth-order valence-electron chi connectivity index (χ4n) is 3.19. The Morgan fingerprint density at radius 1 is 1.17 bits per heavy atom. The maximum Gasteiger partial charge on any atom is 0.237 e. The third-order valence-corrected chi connectivity index (χ3v) is 4.77. The molecular formula is C22H20FN5O. The van der Waals surface area contributed by atoms with Gasteiger partial charge in [0.2, 0.25) is 5.91 Å². The number of aromatic nitrogens is 2. The first kappa shape index (κ1) is 18.7. The first-order valence-corrected chi connectivity index (χ1v) is 9.26. The number of amides is 1. The fourth-order valence-corrected chi connectivity index (χ4v) is 3.19. The van der Waals surface area contributed by atoms with Gasteiger partial charge in [-0.2, -0.15) is 0 Å². The molecule has 2 N–H and O–H groups in total. The summed E-state index contributed by atoms with van der Waals surface area (Å²) in [7, 11) is 0. The zero-order valence-electron chi connectivity index (χ0n) is 16.1. The molecule has 1 unspecified atom stereocenters. The van der Waals surface area contributed by atoms with Crippen LogP contribution in [0.3, 0.4) is 0 Å². The molecule has 2 heterocycles. The highest BCUT2D eigenvalue weighted by Crippen LogP contribution is 2.32. The van der Waals surface area contributed by atoms with Crippen LogP contribution in [0.1, 0.15) is 28.4 Å². The van der Waals surface area contributed by atoms with Crippen molar-refractivity contribution in [2.45, 2.75) is 26.3 Å². The summed E-state index contributed by atoms with van der Waals surface area (Å²) in [6.07, 6.45) is 5.10. The highest BCUT2D eigenvalue weighted by molar-refractivity contribution is 6.12. The standard InChI is InChI=1S/C22H20FN5O/c1-13-7-16(4-6-20(13)27-11-17-10-24-14(2)9-25-17)26-12-19-18-5-3-15(23)8-21(18)28-22(19)29/h3-10,12,19,27H,11H2,1-2H3,(H,28,29). The minimum absolute atomic E-state index is 0.205. The van der Waals surface area contributed by atoms with Crippen molar-refractivity contribution in [2.24, 2.45) is 4.99 Å². The number of hydrogen-bond donors (Lipinski definition) is 2. The van der Waals surface area contributed by atoms with E-state index >= 15 is 0 Å². The van der Waals surface area contributed by atoms with Crippen LogP contribution in [0, 0.1) is 19.7 Å². The first-order chi connectivity index (χ1) is 14.0. The van der Waals surface area contributed by atoms with Crippen molar-refractivity contribution in [1.82, 2.24) is 9.97 Å². The number of fused-ring (bicyclic) bond motifs is 1. The van der Waals surface area contributed by atoms with Gasteiger partial charge in [0, 0.05) is 23.8 Å². The molecule has 1 aliphatic rings. The second-order valence-corrected chi connectivity index (χ2v) is 6.98. The molecule has 0 spiro atoms. The number of rotatable bonds is 5. The van der Waals surface area contributed by atoms with Crippen molar-refractivity contribution in [3.8, 4) is 0 Å². The third kappa shape index (κ3) is 4.13. The molecule has 1 atom stereocenters. The molecule has 3 aromatic rings. The van der Waals surface area contributed by atoms with Gasteiger partial charge < -0.3 is 10.6 Å². The summed E-state index contributed by atoms with van der Waals surface area (Å²) in [5.74, 6) is -1.11. The lowest BCUT2D eigenvalue weighted by Gasteiger charge is -2.10. The van der Waals surface area contributed by atoms with Gasteiger partial charge in [0.05, 0.1) is 29.8 Å². The summed E-state index contributed by atoms with van der Waals surface area (Å²) in [5.41, 5.74) is 5.72. The summed E-state index contributed by atoms with van der Waals surface area (Å²) in [4.78, 5) is 25.2. The molecule has 1 amide bonds. The van der Waals surface area contributed by atoms with Crippen molar-refractivity contribution in [2.75, 3.05) is 10.6 Å². The van der Waals surface area contributed by atoms with Gasteiger partial charge in [-0.15, -0.1) is 0 Å². The number of carbonyl (C=O) groups is 1. The van der Waals surface area contributed by atoms with Crippen molar-refractivity contribution in [3.05, 3.63) is 77.1 Å². The number of carbonyl (C=O) groups excluding carboxylic acids is 1. The Morgan fingerprint density at radius 2 is 2.03 bits per heavy atom. The number of hydrogen-bond acceptors (Lipinski definition) is 5. The Balaban J connectivity index is 1.46. The molecule has 0 aliphatic carbocycles. The molecular weight excluding hydrogens is 369 g/mol. The van der Waals surface area contributed by atoms with Gasteiger partial charge in [-0.25, -0.2) is 4.39 Å². The minimum atomic E-state index is -0.524. The van der Waals surface area contributed by atoms with Gasteiger partial charge in [0.1, 0.15) is 11.7 Å². The minimum Gasteiger partial charge on any atom is -0.379 e. The van der Waals surface area contributed by atoms with Crippen LogP contribution in [-0.4, -0.2) is 22.1 Å². The molecule has 7 heteroatoms. The van der Waals surface area contributed by atoms with Crippen molar-refractivity contribution in [1.29, 1.82) is 0 Å². The van der Waals surface area contributed by atoms with Crippen LogP contribution in [-0.2, 0) is 11.3 Å². The van der Waals surface area contributed by atoms with E-state index in [2.05, 4.69) is 25.6 Å². The normalized spacial score (nSPS) is 15.4. The van der Waals surface area contributed by atoms with Crippen LogP contribution >= 0.6 is 0 Å². The van der Waals surface area contributed by atoms with Gasteiger partial charge in [0.15, 0.2) is 0 Å². The van der Waals surface area contributed by atoms with Crippen molar-refractivity contribution in [3.63, 3.8) is 0 Å². The number of benzene rings is 2. The summed E-state index contributed by atoms with van der Waals surface area (Å²) >= 11 is 0. The van der Waals surface area contributed by atoms with Crippen molar-refractivity contribution < 1.29 is 9.18 Å². The lowest BCUT2D eigenvalue weighted by Crippen LogP contribution is -2.12. The molecule has 29 heavy (non-hydrogen) atoms. The molecule has 0 radical (unpaired) electrons. The molecule has 0 bridgehead atoms. The molecule has 6 nitrogen and oxygen atoms in total. The Labute approximate surface area is 167 Å². The second kappa shape index (κ2) is 7.79. The van der Waals surface area contributed by atoms with Gasteiger partial charge in [-0.1, -0.05) is 6.07 Å². The summed E-state index contributed by atoms with van der Waals surface area (Å²) in [6.45, 7) is 4.47. The van der Waals surface area contributed by atoms with E-state index in [9.17, 15) is 9.18 Å². The SMILES string of the molecule is Cc1cnc(CNc2ccc(N=CC3C(=O)Nc4cc(F)ccc43)cc2C)cn1. The van der Waals surface area contributed by atoms with Gasteiger partial charge in [0.25, 0.3) is 0 Å². The van der Waals surface area contributed by atoms with Gasteiger partial charge in [-0.3, -0.25) is 19.8 Å². The zero-order valence-corrected chi connectivity index (χ0v) is 16.1. The Bertz CT molecular complexity index is 1090. The molecule has 146 valence electrons. The van der Waals surface area contributed by atoms with E-state index < -0.39 is 5.92 Å². The van der Waals surface area contributed by atoms with E-state index in [0.29, 0.717) is 12.2 Å². The number of aryl methyl sites for hydroxylation is 2. The molecule has 0 fully saturated rings. The predicted octanol–water partition coefficient (Wildman–Crippen LogP) is 4.28. The average Bonchev–Trinajstić information content (AvgIpc) is 3.01. The number of nitrogens with zero attached hydrogens (tertiary/aromatic N) is 3. The molecule has 2 aromatic carbocycles. The smallest absolute Gasteiger partial charge is 0.237 e. The topological polar surface area (TPSA) is 79.3 Å². The highest BCUT2D eigenvalue weighted by atomic mass is 19.1. The van der Waals surface area contributed by atoms with Crippen molar-refractivity contribution >= 4 is 29.2 Å². The molecule has 0 saturated heterocycles. The quantitative estimate of drug-likeness (QED) is 0.638. The van der Waals surface area contributed by atoms with Crippen LogP contribution in [0.5, 0.6) is 0 Å². The predicted molar refractivity (Wildman–Crippen MR) is 111 cm³/mol. The van der Waals surface area contributed by atoms with Crippen LogP contribution < -0.4 is 10.6 Å². The average molecular weight is 389 g/mol. The monoisotopic (exact) mass is 389 g/mol. The summed E-state index contributed by atoms with van der Waals surface area (Å²) < 4.78 is 13.3. The molecule has 0 saturated carbocycles. The lowest BCUT2D eigenvalue weighted by atomic mass is 10.0. The molecule has 1 aromatic heterocycles. The second-order valence-electron chi connectivity index (χ2n) is 6.98. The fraction of sp³-hybridized carbons (Fsp3) is 0.182. The van der Waals surface area contributed by atoms with Crippen LogP contribution in [0.25, 0.3) is 0 Å². The Morgan fingerprint density at radius 3 is 2.79 bits per heavy atom. The van der Waals surface area contributed by atoms with Gasteiger partial charge >= 0.3 is 0 Å². The van der Waals surface area contributed by atoms with Crippen LogP contribution in [0.4, 0.5) is 21.5 Å². The number of halogens is 1. The number of aliphatic imine (C=N–C) groups is 1. The number of nitrogens with one attached hydrogen (secondary N) is 2. The van der Waals surface area contributed by atoms with Gasteiger partial charge in [-0.05, 0) is 55.3 Å². The van der Waals surface area contributed by atoms with E-state index in [-0.39, 0.29) is 11.7 Å². The first-order valence-electron chi connectivity index (χ1n) is 9.26. The molecule has 1 aliphatic heterocycles. The van der Waals surface area contributed by atoms with E-state index in [1.54, 1.807) is 24.7 Å². The molecule has 4 rings (SSSR count). The van der Waals surface area contributed by atoms with E-state index in [1.165, 1.54) is 12.1 Å². The third-order valence-electron chi connectivity index (χ3n) is 4.77. The maximum atomic E-state index is 13.3. The highest BCUT2D eigenvalue weighted by Gasteiger charge is 2.29. The van der Waals surface area contributed by atoms with E-state index in [4.69, 9.17) is 0 Å². The van der Waals surface area contributed by atoms with Crippen LogP contribution in [0.2, 0.25) is 0 Å².